The van der Waals surface area contributed by atoms with Gasteiger partial charge in [0.15, 0.2) is 0 Å². The van der Waals surface area contributed by atoms with Gasteiger partial charge >= 0.3 is 0 Å². The zero-order chi connectivity index (χ0) is 15.1. The van der Waals surface area contributed by atoms with Crippen molar-refractivity contribution >= 4 is 21.5 Å². The molecule has 1 nitrogen and oxygen atoms in total. The van der Waals surface area contributed by atoms with E-state index in [4.69, 9.17) is 0 Å². The number of benzene rings is 3. The van der Waals surface area contributed by atoms with E-state index in [9.17, 15) is 4.39 Å². The van der Waals surface area contributed by atoms with E-state index in [1.807, 2.05) is 18.2 Å². The molecule has 0 fully saturated rings. The van der Waals surface area contributed by atoms with Crippen molar-refractivity contribution in [2.24, 2.45) is 0 Å². The van der Waals surface area contributed by atoms with Gasteiger partial charge in [-0.15, -0.1) is 23.8 Å². The van der Waals surface area contributed by atoms with Crippen LogP contribution in [0.4, 0.5) is 4.39 Å². The topological polar surface area (TPSA) is 12.9 Å². The minimum atomic E-state index is -0.241. The molecule has 0 bridgehead atoms. The van der Waals surface area contributed by atoms with Crippen LogP contribution < -0.4 is 0 Å². The first-order chi connectivity index (χ1) is 10.7. The predicted octanol–water partition coefficient (Wildman–Crippen LogP) is 5.30. The summed E-state index contributed by atoms with van der Waals surface area (Å²) in [6.07, 6.45) is 1.80. The summed E-state index contributed by atoms with van der Waals surface area (Å²) in [6.45, 7) is 1.76. The molecule has 0 amide bonds. The second-order valence-corrected chi connectivity index (χ2v) is 5.42. The third-order valence-corrected chi connectivity index (χ3v) is 4.02. The van der Waals surface area contributed by atoms with Crippen molar-refractivity contribution in [2.75, 3.05) is 0 Å². The van der Waals surface area contributed by atoms with Crippen molar-refractivity contribution in [2.45, 2.75) is 6.92 Å². The Balaban J connectivity index is 0.00000156. The Morgan fingerprint density at radius 1 is 0.957 bits per heavy atom. The number of aryl methyl sites for hydroxylation is 1. The molecular formula is C20H13FIrN-. The van der Waals surface area contributed by atoms with E-state index in [-0.39, 0.29) is 25.9 Å². The van der Waals surface area contributed by atoms with Gasteiger partial charge in [0.25, 0.3) is 0 Å². The number of hydrogen-bond donors (Lipinski definition) is 0. The maximum absolute atomic E-state index is 13.5. The molecule has 0 N–H and O–H groups in total. The Bertz CT molecular complexity index is 1010. The largest absolute Gasteiger partial charge is 0.304 e. The minimum Gasteiger partial charge on any atom is -0.304 e. The van der Waals surface area contributed by atoms with Crippen LogP contribution in [0.3, 0.4) is 0 Å². The standard InChI is InChI=1S/C20H13FN.Ir/c1-13-12-15(7-9-19(13)21)20-18-8-6-14-4-2-3-5-16(14)17(18)10-11-22-20;/h2-6,8-12H,1H3;/q-1;. The summed E-state index contributed by atoms with van der Waals surface area (Å²) in [4.78, 5) is 4.50. The molecule has 0 spiro atoms. The van der Waals surface area contributed by atoms with E-state index in [0.717, 1.165) is 22.0 Å². The second kappa shape index (κ2) is 6.19. The number of rotatable bonds is 1. The summed E-state index contributed by atoms with van der Waals surface area (Å²) < 4.78 is 13.5. The molecule has 4 aromatic rings. The van der Waals surface area contributed by atoms with Crippen molar-refractivity contribution in [3.63, 3.8) is 0 Å². The van der Waals surface area contributed by atoms with Gasteiger partial charge in [-0.3, -0.25) is 4.39 Å². The predicted molar refractivity (Wildman–Crippen MR) is 88.2 cm³/mol. The molecule has 1 radical (unpaired) electrons. The number of pyridine rings is 1. The van der Waals surface area contributed by atoms with Crippen LogP contribution in [0.15, 0.2) is 60.8 Å². The molecule has 0 saturated heterocycles. The minimum absolute atomic E-state index is 0. The number of hydrogen-bond acceptors (Lipinski definition) is 1. The molecule has 115 valence electrons. The zero-order valence-electron chi connectivity index (χ0n) is 12.4. The number of fused-ring (bicyclic) bond motifs is 3. The zero-order valence-corrected chi connectivity index (χ0v) is 14.8. The van der Waals surface area contributed by atoms with Crippen LogP contribution in [0.1, 0.15) is 5.56 Å². The molecule has 4 rings (SSSR count). The first-order valence-corrected chi connectivity index (χ1v) is 7.19. The average Bonchev–Trinajstić information content (AvgIpc) is 2.56. The molecule has 3 aromatic carbocycles. The summed E-state index contributed by atoms with van der Waals surface area (Å²) >= 11 is 0. The molecular weight excluding hydrogens is 465 g/mol. The van der Waals surface area contributed by atoms with E-state index in [1.54, 1.807) is 19.2 Å². The summed E-state index contributed by atoms with van der Waals surface area (Å²) in [6, 6.07) is 20.7. The van der Waals surface area contributed by atoms with Crippen molar-refractivity contribution in [1.29, 1.82) is 0 Å². The van der Waals surface area contributed by atoms with Crippen LogP contribution >= 0.6 is 0 Å². The van der Waals surface area contributed by atoms with Crippen LogP contribution in [0.5, 0.6) is 0 Å². The van der Waals surface area contributed by atoms with Crippen molar-refractivity contribution < 1.29 is 24.5 Å². The molecule has 1 aromatic heterocycles. The van der Waals surface area contributed by atoms with Gasteiger partial charge in [0, 0.05) is 32.1 Å². The van der Waals surface area contributed by atoms with Crippen LogP contribution in [0, 0.1) is 18.8 Å². The molecule has 23 heavy (non-hydrogen) atoms. The number of nitrogens with zero attached hydrogens (tertiary/aromatic N) is 1. The summed E-state index contributed by atoms with van der Waals surface area (Å²) in [5.41, 5.74) is 2.26. The number of halogens is 1. The van der Waals surface area contributed by atoms with Gasteiger partial charge < -0.3 is 4.98 Å². The van der Waals surface area contributed by atoms with Crippen LogP contribution in [-0.2, 0) is 20.1 Å². The van der Waals surface area contributed by atoms with Gasteiger partial charge in [-0.2, -0.15) is 0 Å². The van der Waals surface area contributed by atoms with Gasteiger partial charge in [-0.05, 0) is 33.3 Å². The molecule has 0 aliphatic carbocycles. The third kappa shape index (κ3) is 2.67. The van der Waals surface area contributed by atoms with E-state index in [1.165, 1.54) is 16.8 Å². The van der Waals surface area contributed by atoms with E-state index in [0.29, 0.717) is 5.56 Å². The quantitative estimate of drug-likeness (QED) is 0.267. The van der Waals surface area contributed by atoms with Gasteiger partial charge in [0.1, 0.15) is 0 Å². The SMILES string of the molecule is Cc1cc(-c2nccc3c2ccc2ccccc23)[c-]cc1F.[Ir]. The summed E-state index contributed by atoms with van der Waals surface area (Å²) in [5, 5.41) is 4.61. The molecule has 0 atom stereocenters. The second-order valence-electron chi connectivity index (χ2n) is 5.42. The maximum Gasteiger partial charge on any atom is 0.0408 e. The summed E-state index contributed by atoms with van der Waals surface area (Å²) in [7, 11) is 0. The number of aromatic nitrogens is 1. The normalized spacial score (nSPS) is 10.7. The fourth-order valence-electron chi connectivity index (χ4n) is 2.87. The molecule has 0 saturated carbocycles. The first kappa shape index (κ1) is 15.8. The Hall–Kier alpha value is -2.09. The van der Waals surface area contributed by atoms with Crippen LogP contribution in [0.25, 0.3) is 32.8 Å². The molecule has 0 aliphatic heterocycles. The Morgan fingerprint density at radius 3 is 2.61 bits per heavy atom. The first-order valence-electron chi connectivity index (χ1n) is 7.19. The van der Waals surface area contributed by atoms with Gasteiger partial charge in [0.2, 0.25) is 0 Å². The molecule has 1 heterocycles. The van der Waals surface area contributed by atoms with Crippen molar-refractivity contribution in [3.8, 4) is 11.3 Å². The Morgan fingerprint density at radius 2 is 1.78 bits per heavy atom. The monoisotopic (exact) mass is 479 g/mol. The molecule has 0 unspecified atom stereocenters. The van der Waals surface area contributed by atoms with Crippen molar-refractivity contribution in [1.82, 2.24) is 4.98 Å². The molecule has 3 heteroatoms. The Labute approximate surface area is 147 Å². The average molecular weight is 479 g/mol. The van der Waals surface area contributed by atoms with Gasteiger partial charge in [0.05, 0.1) is 0 Å². The maximum atomic E-state index is 13.5. The fraction of sp³-hybridized carbons (Fsp3) is 0.0500. The molecule has 0 aliphatic rings. The van der Waals surface area contributed by atoms with E-state index >= 15 is 0 Å². The van der Waals surface area contributed by atoms with Crippen LogP contribution in [-0.4, -0.2) is 4.98 Å². The van der Waals surface area contributed by atoms with Gasteiger partial charge in [-0.1, -0.05) is 48.9 Å². The van der Waals surface area contributed by atoms with Crippen LogP contribution in [0.2, 0.25) is 0 Å². The fourth-order valence-corrected chi connectivity index (χ4v) is 2.87. The smallest absolute Gasteiger partial charge is 0.0408 e. The Kier molecular flexibility index (Phi) is 4.25. The van der Waals surface area contributed by atoms with E-state index < -0.39 is 0 Å². The third-order valence-electron chi connectivity index (χ3n) is 4.02. The van der Waals surface area contributed by atoms with Crippen molar-refractivity contribution in [3.05, 3.63) is 78.2 Å². The van der Waals surface area contributed by atoms with E-state index in [2.05, 4.69) is 35.3 Å². The van der Waals surface area contributed by atoms with Gasteiger partial charge in [-0.25, -0.2) is 0 Å². The summed E-state index contributed by atoms with van der Waals surface area (Å²) in [5.74, 6) is -0.241.